The van der Waals surface area contributed by atoms with Crippen molar-refractivity contribution in [2.24, 2.45) is 0 Å². The summed E-state index contributed by atoms with van der Waals surface area (Å²) in [5.41, 5.74) is 6.80. The molecule has 2 aromatic heterocycles. The van der Waals surface area contributed by atoms with Gasteiger partial charge in [0.2, 0.25) is 5.95 Å². The number of nitrogens with two attached hydrogens (primary N) is 1. The molecule has 3 rings (SSSR count). The first-order valence-electron chi connectivity index (χ1n) is 6.36. The average Bonchev–Trinajstić information content (AvgIpc) is 2.94. The second kappa shape index (κ2) is 5.33. The van der Waals surface area contributed by atoms with Gasteiger partial charge in [-0.2, -0.15) is 0 Å². The van der Waals surface area contributed by atoms with Gasteiger partial charge < -0.3 is 10.5 Å². The average molecular weight is 314 g/mol. The molecule has 2 heterocycles. The third-order valence-electron chi connectivity index (χ3n) is 3.17. The number of hydrogen-bond acceptors (Lipinski definition) is 8. The maximum atomic E-state index is 11.7. The highest BCUT2D eigenvalue weighted by Gasteiger charge is 2.17. The normalized spacial score (nSPS) is 10.7. The minimum Gasteiger partial charge on any atom is -0.464 e. The smallest absolute Gasteiger partial charge is 0.356 e. The summed E-state index contributed by atoms with van der Waals surface area (Å²) in [7, 11) is 1.23. The number of fused-ring (bicyclic) bond motifs is 1. The Hall–Kier alpha value is -3.56. The number of carbonyl (C=O) groups excluding carboxylic acids is 1. The van der Waals surface area contributed by atoms with E-state index in [1.807, 2.05) is 0 Å². The number of nitro benzene ring substituents is 1. The van der Waals surface area contributed by atoms with Gasteiger partial charge in [0.25, 0.3) is 11.5 Å². The fourth-order valence-corrected chi connectivity index (χ4v) is 2.10. The van der Waals surface area contributed by atoms with Crippen LogP contribution in [0, 0.1) is 10.1 Å². The van der Waals surface area contributed by atoms with Crippen molar-refractivity contribution >= 4 is 23.4 Å². The number of anilines is 1. The van der Waals surface area contributed by atoms with Gasteiger partial charge in [0.15, 0.2) is 5.69 Å². The van der Waals surface area contributed by atoms with Crippen LogP contribution in [0.25, 0.3) is 17.0 Å². The van der Waals surface area contributed by atoms with E-state index in [2.05, 4.69) is 19.9 Å². The molecule has 10 heteroatoms. The largest absolute Gasteiger partial charge is 0.464 e. The molecule has 1 aromatic carbocycles. The van der Waals surface area contributed by atoms with Crippen LogP contribution in [-0.4, -0.2) is 37.6 Å². The number of rotatable bonds is 3. The number of esters is 1. The lowest BCUT2D eigenvalue weighted by atomic mass is 10.1. The number of non-ortho nitro benzene ring substituents is 1. The lowest BCUT2D eigenvalue weighted by molar-refractivity contribution is -0.384. The Morgan fingerprint density at radius 2 is 2.00 bits per heavy atom. The molecule has 0 unspecified atom stereocenters. The van der Waals surface area contributed by atoms with E-state index in [-0.39, 0.29) is 23.1 Å². The van der Waals surface area contributed by atoms with Gasteiger partial charge in [-0.15, -0.1) is 10.2 Å². The number of methoxy groups -OCH3 is 1. The molecule has 0 radical (unpaired) electrons. The molecule has 0 spiro atoms. The summed E-state index contributed by atoms with van der Waals surface area (Å²) in [4.78, 5) is 26.0. The Bertz CT molecular complexity index is 918. The number of ether oxygens (including phenoxy) is 1. The number of nitrogens with zero attached hydrogens (tertiary/aromatic N) is 5. The summed E-state index contributed by atoms with van der Waals surface area (Å²) in [6, 6.07) is 7.22. The minimum absolute atomic E-state index is 0.0285. The Kier molecular flexibility index (Phi) is 3.33. The first kappa shape index (κ1) is 14.4. The zero-order chi connectivity index (χ0) is 16.6. The number of carbonyl (C=O) groups is 1. The van der Waals surface area contributed by atoms with Crippen molar-refractivity contribution in [1.82, 2.24) is 19.6 Å². The molecule has 0 fully saturated rings. The van der Waals surface area contributed by atoms with Gasteiger partial charge in [-0.3, -0.25) is 10.1 Å². The molecular formula is C13H10N6O4. The molecule has 0 atom stereocenters. The van der Waals surface area contributed by atoms with Crippen molar-refractivity contribution < 1.29 is 14.5 Å². The molecule has 0 aliphatic heterocycles. The van der Waals surface area contributed by atoms with Crippen LogP contribution < -0.4 is 5.73 Å². The lowest BCUT2D eigenvalue weighted by Crippen LogP contribution is -2.08. The maximum absolute atomic E-state index is 11.7. The van der Waals surface area contributed by atoms with Gasteiger partial charge in [-0.05, 0) is 23.8 Å². The first-order valence-corrected chi connectivity index (χ1v) is 6.36. The van der Waals surface area contributed by atoms with Crippen molar-refractivity contribution in [3.05, 3.63) is 46.1 Å². The van der Waals surface area contributed by atoms with E-state index in [9.17, 15) is 14.9 Å². The van der Waals surface area contributed by atoms with Crippen molar-refractivity contribution in [3.63, 3.8) is 0 Å². The first-order chi connectivity index (χ1) is 11.0. The van der Waals surface area contributed by atoms with Crippen molar-refractivity contribution in [3.8, 4) is 11.3 Å². The highest BCUT2D eigenvalue weighted by Crippen LogP contribution is 2.25. The number of hydrogen-bond donors (Lipinski definition) is 1. The third-order valence-corrected chi connectivity index (χ3v) is 3.17. The Balaban J connectivity index is 2.23. The summed E-state index contributed by atoms with van der Waals surface area (Å²) >= 11 is 0. The van der Waals surface area contributed by atoms with Crippen LogP contribution in [0.2, 0.25) is 0 Å². The van der Waals surface area contributed by atoms with Gasteiger partial charge in [0, 0.05) is 12.1 Å². The van der Waals surface area contributed by atoms with Crippen molar-refractivity contribution in [1.29, 1.82) is 0 Å². The van der Waals surface area contributed by atoms with E-state index in [1.165, 1.54) is 41.8 Å². The maximum Gasteiger partial charge on any atom is 0.356 e. The van der Waals surface area contributed by atoms with Crippen LogP contribution in [0.15, 0.2) is 30.3 Å². The predicted molar refractivity (Wildman–Crippen MR) is 78.6 cm³/mol. The second-order valence-corrected chi connectivity index (χ2v) is 4.52. The SMILES string of the molecule is COC(=O)c1cc(-c2ccc([N+](=O)[O-])cc2)n2c(N)nnc2n1. The lowest BCUT2D eigenvalue weighted by Gasteiger charge is -2.08. The number of aromatic nitrogens is 4. The molecule has 2 N–H and O–H groups in total. The Morgan fingerprint density at radius 3 is 2.61 bits per heavy atom. The van der Waals surface area contributed by atoms with E-state index in [1.54, 1.807) is 0 Å². The molecule has 10 nitrogen and oxygen atoms in total. The van der Waals surface area contributed by atoms with Gasteiger partial charge in [-0.1, -0.05) is 0 Å². The molecule has 0 aliphatic rings. The van der Waals surface area contributed by atoms with Crippen molar-refractivity contribution in [2.75, 3.05) is 12.8 Å². The predicted octanol–water partition coefficient (Wildman–Crippen LogP) is 1.07. The number of nitrogen functional groups attached to an aromatic ring is 1. The van der Waals surface area contributed by atoms with E-state index in [0.29, 0.717) is 11.3 Å². The molecule has 3 aromatic rings. The zero-order valence-electron chi connectivity index (χ0n) is 11.8. The monoisotopic (exact) mass is 314 g/mol. The van der Waals surface area contributed by atoms with Gasteiger partial charge in [-0.25, -0.2) is 14.2 Å². The molecule has 0 amide bonds. The molecule has 23 heavy (non-hydrogen) atoms. The van der Waals surface area contributed by atoms with Gasteiger partial charge >= 0.3 is 5.97 Å². The van der Waals surface area contributed by atoms with Crippen LogP contribution in [0.1, 0.15) is 10.5 Å². The van der Waals surface area contributed by atoms with Gasteiger partial charge in [0.05, 0.1) is 17.7 Å². The Labute approximate surface area is 128 Å². The molecule has 116 valence electrons. The van der Waals surface area contributed by atoms with Crippen LogP contribution >= 0.6 is 0 Å². The summed E-state index contributed by atoms with van der Waals surface area (Å²) in [5, 5.41) is 18.3. The van der Waals surface area contributed by atoms with Crippen LogP contribution in [-0.2, 0) is 4.74 Å². The quantitative estimate of drug-likeness (QED) is 0.430. The molecule has 0 aliphatic carbocycles. The summed E-state index contributed by atoms with van der Waals surface area (Å²) < 4.78 is 6.09. The molecule has 0 saturated heterocycles. The van der Waals surface area contributed by atoms with E-state index in [0.717, 1.165) is 0 Å². The zero-order valence-corrected chi connectivity index (χ0v) is 11.8. The minimum atomic E-state index is -0.641. The topological polar surface area (TPSA) is 139 Å². The number of benzene rings is 1. The molecular weight excluding hydrogens is 304 g/mol. The molecule has 0 saturated carbocycles. The summed E-state index contributed by atoms with van der Waals surface area (Å²) in [6.45, 7) is 0. The third kappa shape index (κ3) is 2.41. The fraction of sp³-hybridized carbons (Fsp3) is 0.0769. The highest BCUT2D eigenvalue weighted by molar-refractivity contribution is 5.89. The fourth-order valence-electron chi connectivity index (χ4n) is 2.10. The van der Waals surface area contributed by atoms with Gasteiger partial charge in [0.1, 0.15) is 0 Å². The highest BCUT2D eigenvalue weighted by atomic mass is 16.6. The number of nitro groups is 1. The van der Waals surface area contributed by atoms with Crippen LogP contribution in [0.3, 0.4) is 0 Å². The van der Waals surface area contributed by atoms with E-state index < -0.39 is 10.9 Å². The van der Waals surface area contributed by atoms with E-state index >= 15 is 0 Å². The summed E-state index contributed by atoms with van der Waals surface area (Å²) in [6.07, 6.45) is 0. The van der Waals surface area contributed by atoms with Crippen LogP contribution in [0.4, 0.5) is 11.6 Å². The standard InChI is InChI=1S/C13H10N6O4/c1-23-11(20)9-6-10(18-12(14)16-17-13(18)15-9)7-2-4-8(5-3-7)19(21)22/h2-6H,1H3,(H2,14,16). The van der Waals surface area contributed by atoms with E-state index in [4.69, 9.17) is 5.73 Å². The van der Waals surface area contributed by atoms with Crippen molar-refractivity contribution in [2.45, 2.75) is 0 Å². The summed E-state index contributed by atoms with van der Waals surface area (Å²) in [5.74, 6) is -0.437. The Morgan fingerprint density at radius 1 is 1.30 bits per heavy atom. The van der Waals surface area contributed by atoms with Crippen LogP contribution in [0.5, 0.6) is 0 Å². The second-order valence-electron chi connectivity index (χ2n) is 4.52. The molecule has 0 bridgehead atoms.